The Labute approximate surface area is 73.6 Å². The van der Waals surface area contributed by atoms with Gasteiger partial charge in [-0.05, 0) is 6.42 Å². The number of carboxylic acids is 1. The number of aliphatic carboxylic acids is 1. The highest BCUT2D eigenvalue weighted by molar-refractivity contribution is 5.74. The van der Waals surface area contributed by atoms with Gasteiger partial charge in [-0.15, -0.1) is 0 Å². The highest BCUT2D eigenvalue weighted by Gasteiger charge is 2.01. The van der Waals surface area contributed by atoms with Gasteiger partial charge in [0.05, 0.1) is 0 Å². The number of ether oxygens (including phenoxy) is 1. The smallest absolute Gasteiger partial charge is 0.481 e. The second-order valence-corrected chi connectivity index (χ2v) is 1.78. The molecule has 0 unspecified atom stereocenters. The summed E-state index contributed by atoms with van der Waals surface area (Å²) < 4.78 is 3.08. The Hall–Kier alpha value is -1.79. The minimum atomic E-state index is -1.81. The van der Waals surface area contributed by atoms with E-state index in [9.17, 15) is 14.4 Å². The van der Waals surface area contributed by atoms with Crippen molar-refractivity contribution in [2.45, 2.75) is 19.8 Å². The molecule has 0 fully saturated rings. The molecule has 0 heterocycles. The van der Waals surface area contributed by atoms with E-state index in [4.69, 9.17) is 15.3 Å². The molecule has 0 aromatic rings. The van der Waals surface area contributed by atoms with Crippen LogP contribution in [-0.4, -0.2) is 33.6 Å². The van der Waals surface area contributed by atoms with Gasteiger partial charge in [0, 0.05) is 6.42 Å². The zero-order chi connectivity index (χ0) is 10.9. The van der Waals surface area contributed by atoms with E-state index >= 15 is 0 Å². The zero-order valence-electron chi connectivity index (χ0n) is 6.89. The lowest BCUT2D eigenvalue weighted by Crippen LogP contribution is -2.05. The highest BCUT2D eigenvalue weighted by atomic mass is 16.7. The number of hydrogen-bond acceptors (Lipinski definition) is 4. The van der Waals surface area contributed by atoms with Crippen LogP contribution in [0.3, 0.4) is 0 Å². The average Bonchev–Trinajstić information content (AvgIpc) is 1.83. The van der Waals surface area contributed by atoms with Gasteiger partial charge in [0.25, 0.3) is 0 Å². The Morgan fingerprint density at radius 1 is 1.08 bits per heavy atom. The molecule has 0 atom stereocenters. The summed E-state index contributed by atoms with van der Waals surface area (Å²) in [6, 6.07) is 0. The van der Waals surface area contributed by atoms with Gasteiger partial charge in [-0.1, -0.05) is 6.92 Å². The summed E-state index contributed by atoms with van der Waals surface area (Å²) in [6.07, 6.45) is -2.60. The molecule has 0 aliphatic carbocycles. The first kappa shape index (κ1) is 13.8. The molecule has 0 radical (unpaired) electrons. The molecule has 3 N–H and O–H groups in total. The van der Waals surface area contributed by atoms with E-state index in [1.165, 1.54) is 0 Å². The molecule has 0 bridgehead atoms. The number of carboxylic acid groups (broad SMARTS) is 3. The van der Waals surface area contributed by atoms with E-state index in [1.54, 1.807) is 0 Å². The number of carbonyl (C=O) groups is 3. The monoisotopic (exact) mass is 194 g/mol. The second-order valence-electron chi connectivity index (χ2n) is 1.78. The third-order valence-electron chi connectivity index (χ3n) is 0.638. The van der Waals surface area contributed by atoms with Crippen molar-refractivity contribution < 1.29 is 34.4 Å². The molecule has 0 saturated carbocycles. The molecule has 0 aliphatic heterocycles. The van der Waals surface area contributed by atoms with E-state index in [2.05, 4.69) is 4.74 Å². The summed E-state index contributed by atoms with van der Waals surface area (Å²) in [6.45, 7) is 1.84. The van der Waals surface area contributed by atoms with Crippen molar-refractivity contribution in [2.75, 3.05) is 0 Å². The largest absolute Gasteiger partial charge is 0.516 e. The van der Waals surface area contributed by atoms with Gasteiger partial charge in [0.15, 0.2) is 0 Å². The Kier molecular flexibility index (Phi) is 8.80. The number of hydrogen-bond donors (Lipinski definition) is 3. The van der Waals surface area contributed by atoms with Crippen molar-refractivity contribution in [2.24, 2.45) is 0 Å². The molecule has 0 amide bonds. The van der Waals surface area contributed by atoms with E-state index in [-0.39, 0.29) is 0 Å². The van der Waals surface area contributed by atoms with Crippen LogP contribution in [0.15, 0.2) is 0 Å². The van der Waals surface area contributed by atoms with Gasteiger partial charge in [0.1, 0.15) is 0 Å². The summed E-state index contributed by atoms with van der Waals surface area (Å²) in [7, 11) is 0. The molecule has 76 valence electrons. The third-order valence-corrected chi connectivity index (χ3v) is 0.638. The first-order valence-corrected chi connectivity index (χ1v) is 3.25. The van der Waals surface area contributed by atoms with E-state index in [0.29, 0.717) is 6.42 Å². The predicted molar refractivity (Wildman–Crippen MR) is 39.7 cm³/mol. The molecule has 7 heteroatoms. The predicted octanol–water partition coefficient (Wildman–Crippen LogP) is 1.23. The lowest BCUT2D eigenvalue weighted by atomic mass is 10.4. The van der Waals surface area contributed by atoms with Crippen LogP contribution < -0.4 is 0 Å². The molecule has 0 aliphatic rings. The summed E-state index contributed by atoms with van der Waals surface area (Å²) in [5, 5.41) is 22.9. The molecule has 0 rings (SSSR count). The van der Waals surface area contributed by atoms with Crippen LogP contribution in [0, 0.1) is 0 Å². The van der Waals surface area contributed by atoms with Crippen molar-refractivity contribution in [1.29, 1.82) is 0 Å². The molecule has 7 nitrogen and oxygen atoms in total. The maximum atomic E-state index is 9.60. The van der Waals surface area contributed by atoms with Crippen molar-refractivity contribution in [1.82, 2.24) is 0 Å². The van der Waals surface area contributed by atoms with Gasteiger partial charge < -0.3 is 20.1 Å². The molecular weight excluding hydrogens is 184 g/mol. The Morgan fingerprint density at radius 3 is 1.46 bits per heavy atom. The van der Waals surface area contributed by atoms with Crippen molar-refractivity contribution in [3.63, 3.8) is 0 Å². The fourth-order valence-electron chi connectivity index (χ4n) is 0.289. The first-order chi connectivity index (χ1) is 5.90. The normalized spacial score (nSPS) is 7.77. The van der Waals surface area contributed by atoms with Crippen LogP contribution in [-0.2, 0) is 9.53 Å². The summed E-state index contributed by atoms with van der Waals surface area (Å²) in [5.41, 5.74) is 0. The van der Waals surface area contributed by atoms with E-state index in [0.717, 1.165) is 6.42 Å². The lowest BCUT2D eigenvalue weighted by Gasteiger charge is -1.84. The average molecular weight is 194 g/mol. The standard InChI is InChI=1S/C4H8O2.C2H2O5/c1-2-3-4(5)6;3-1(4)7-2(5)6/h2-3H2,1H3,(H,5,6);(H,3,4)(H,5,6). The van der Waals surface area contributed by atoms with E-state index < -0.39 is 18.3 Å². The van der Waals surface area contributed by atoms with E-state index in [1.807, 2.05) is 6.92 Å². The van der Waals surface area contributed by atoms with Crippen LogP contribution in [0.5, 0.6) is 0 Å². The molecule has 0 saturated heterocycles. The fraction of sp³-hybridized carbons (Fsp3) is 0.500. The lowest BCUT2D eigenvalue weighted by molar-refractivity contribution is -0.137. The van der Waals surface area contributed by atoms with Gasteiger partial charge in [-0.3, -0.25) is 4.79 Å². The van der Waals surface area contributed by atoms with Gasteiger partial charge in [0.2, 0.25) is 0 Å². The third kappa shape index (κ3) is 25.4. The van der Waals surface area contributed by atoms with Crippen LogP contribution in [0.2, 0.25) is 0 Å². The van der Waals surface area contributed by atoms with Gasteiger partial charge in [-0.2, -0.15) is 0 Å². The second kappa shape index (κ2) is 8.31. The van der Waals surface area contributed by atoms with Crippen LogP contribution in [0.1, 0.15) is 19.8 Å². The molecule has 0 spiro atoms. The van der Waals surface area contributed by atoms with Crippen LogP contribution >= 0.6 is 0 Å². The summed E-state index contributed by atoms with van der Waals surface area (Å²) >= 11 is 0. The SMILES string of the molecule is CCCC(=O)O.O=C(O)OC(=O)O. The highest BCUT2D eigenvalue weighted by Crippen LogP contribution is 1.82. The summed E-state index contributed by atoms with van der Waals surface area (Å²) in [4.78, 5) is 28.0. The summed E-state index contributed by atoms with van der Waals surface area (Å²) in [5.74, 6) is -0.711. The van der Waals surface area contributed by atoms with Crippen LogP contribution in [0.25, 0.3) is 0 Å². The van der Waals surface area contributed by atoms with Gasteiger partial charge in [-0.25, -0.2) is 9.59 Å². The fourth-order valence-corrected chi connectivity index (χ4v) is 0.289. The van der Waals surface area contributed by atoms with Crippen molar-refractivity contribution in [3.8, 4) is 0 Å². The van der Waals surface area contributed by atoms with Crippen molar-refractivity contribution in [3.05, 3.63) is 0 Å². The molecule has 0 aromatic carbocycles. The van der Waals surface area contributed by atoms with Gasteiger partial charge >= 0.3 is 18.3 Å². The first-order valence-electron chi connectivity index (χ1n) is 3.25. The quantitative estimate of drug-likeness (QED) is 0.446. The maximum Gasteiger partial charge on any atom is 0.516 e. The minimum Gasteiger partial charge on any atom is -0.481 e. The topological polar surface area (TPSA) is 121 Å². The minimum absolute atomic E-state index is 0.292. The molecule has 13 heavy (non-hydrogen) atoms. The number of rotatable bonds is 2. The molecular formula is C6H10O7. The Morgan fingerprint density at radius 2 is 1.46 bits per heavy atom. The maximum absolute atomic E-state index is 9.60. The Bertz CT molecular complexity index is 173. The zero-order valence-corrected chi connectivity index (χ0v) is 6.89. The Balaban J connectivity index is 0. The molecule has 0 aromatic heterocycles. The van der Waals surface area contributed by atoms with Crippen molar-refractivity contribution >= 4 is 18.3 Å². The van der Waals surface area contributed by atoms with Crippen LogP contribution in [0.4, 0.5) is 9.59 Å².